The van der Waals surface area contributed by atoms with Crippen LogP contribution in [0.25, 0.3) is 0 Å². The maximum absolute atomic E-state index is 12.4. The Labute approximate surface area is 481 Å². The molecule has 2 unspecified atom stereocenters. The zero-order chi connectivity index (χ0) is 55.7. The van der Waals surface area contributed by atoms with Crippen LogP contribution in [-0.4, -0.2) is 47.4 Å². The van der Waals surface area contributed by atoms with E-state index in [4.69, 9.17) is 4.74 Å². The van der Waals surface area contributed by atoms with E-state index < -0.39 is 12.1 Å². The number of unbranched alkanes of at least 4 members (excludes halogenated alkanes) is 51. The molecule has 0 rings (SSSR count). The highest BCUT2D eigenvalue weighted by Crippen LogP contribution is 2.19. The van der Waals surface area contributed by atoms with Crippen LogP contribution in [0.2, 0.25) is 0 Å². The number of carbonyl (C=O) groups excluding carboxylic acids is 2. The van der Waals surface area contributed by atoms with Crippen molar-refractivity contribution in [1.29, 1.82) is 0 Å². The number of nitrogens with one attached hydrogen (secondary N) is 1. The lowest BCUT2D eigenvalue weighted by Gasteiger charge is -2.22. The van der Waals surface area contributed by atoms with Crippen molar-refractivity contribution in [2.75, 3.05) is 13.2 Å². The van der Waals surface area contributed by atoms with Gasteiger partial charge in [0.2, 0.25) is 5.91 Å². The molecule has 77 heavy (non-hydrogen) atoms. The van der Waals surface area contributed by atoms with E-state index in [9.17, 15) is 19.8 Å². The van der Waals surface area contributed by atoms with Gasteiger partial charge in [-0.3, -0.25) is 9.59 Å². The highest BCUT2D eigenvalue weighted by molar-refractivity contribution is 5.76. The Morgan fingerprint density at radius 3 is 0.987 bits per heavy atom. The summed E-state index contributed by atoms with van der Waals surface area (Å²) in [7, 11) is 0. The van der Waals surface area contributed by atoms with E-state index in [0.29, 0.717) is 25.9 Å². The number of hydrogen-bond donors (Lipinski definition) is 3. The van der Waals surface area contributed by atoms with Gasteiger partial charge in [0.15, 0.2) is 0 Å². The molecule has 1 amide bonds. The quantitative estimate of drug-likeness (QED) is 0.0320. The number of esters is 1. The second-order valence-corrected chi connectivity index (χ2v) is 24.2. The van der Waals surface area contributed by atoms with E-state index in [2.05, 4.69) is 43.5 Å². The van der Waals surface area contributed by atoms with Crippen LogP contribution < -0.4 is 5.32 Å². The summed E-state index contributed by atoms with van der Waals surface area (Å²) in [5.41, 5.74) is 0. The molecule has 0 aromatic carbocycles. The molecule has 0 spiro atoms. The zero-order valence-corrected chi connectivity index (χ0v) is 52.2. The average Bonchev–Trinajstić information content (AvgIpc) is 3.43. The van der Waals surface area contributed by atoms with Gasteiger partial charge >= 0.3 is 5.97 Å². The molecular formula is C71H137NO5. The molecule has 0 aliphatic rings. The molecule has 3 N–H and O–H groups in total. The number of rotatable bonds is 66. The van der Waals surface area contributed by atoms with E-state index in [-0.39, 0.29) is 18.5 Å². The van der Waals surface area contributed by atoms with E-state index in [0.717, 1.165) is 44.9 Å². The lowest BCUT2D eigenvalue weighted by molar-refractivity contribution is -0.143. The molecule has 2 atom stereocenters. The summed E-state index contributed by atoms with van der Waals surface area (Å²) in [5.74, 6) is -0.0112. The summed E-state index contributed by atoms with van der Waals surface area (Å²) < 4.78 is 5.48. The van der Waals surface area contributed by atoms with Gasteiger partial charge in [-0.05, 0) is 57.8 Å². The number of carbonyl (C=O) groups is 2. The minimum atomic E-state index is -0.659. The molecule has 0 aliphatic carbocycles. The van der Waals surface area contributed by atoms with Gasteiger partial charge in [0.1, 0.15) is 0 Å². The average molecular weight is 1080 g/mol. The van der Waals surface area contributed by atoms with Crippen molar-refractivity contribution in [3.8, 4) is 0 Å². The fraction of sp³-hybridized carbons (Fsp3) is 0.915. The van der Waals surface area contributed by atoms with E-state index >= 15 is 0 Å². The fourth-order valence-corrected chi connectivity index (χ4v) is 11.1. The minimum absolute atomic E-state index is 0.0214. The van der Waals surface area contributed by atoms with Crippen molar-refractivity contribution in [2.45, 2.75) is 405 Å². The number of aliphatic hydroxyl groups is 2. The SMILES string of the molecule is CCCCCCCCCCCCCCC(=O)OCCCCCCCCCCCCCCCCC/C=C\C/C=C\CCCCCCCCCCCCCCCCCCCC(=O)NC(CO)C(O)CCCCCCCCCCC. The Kier molecular flexibility index (Phi) is 65.4. The van der Waals surface area contributed by atoms with Crippen LogP contribution in [0.4, 0.5) is 0 Å². The topological polar surface area (TPSA) is 95.9 Å². The van der Waals surface area contributed by atoms with Gasteiger partial charge < -0.3 is 20.3 Å². The van der Waals surface area contributed by atoms with Gasteiger partial charge in [-0.25, -0.2) is 0 Å². The number of aliphatic hydroxyl groups excluding tert-OH is 2. The van der Waals surface area contributed by atoms with Crippen LogP contribution in [0.5, 0.6) is 0 Å². The molecule has 6 heteroatoms. The number of ether oxygens (including phenoxy) is 1. The van der Waals surface area contributed by atoms with Gasteiger partial charge in [0.05, 0.1) is 25.4 Å². The second kappa shape index (κ2) is 66.8. The first-order valence-corrected chi connectivity index (χ1v) is 35.1. The number of hydrogen-bond acceptors (Lipinski definition) is 5. The molecule has 0 aliphatic heterocycles. The molecule has 0 aromatic heterocycles. The van der Waals surface area contributed by atoms with Crippen LogP contribution in [0.15, 0.2) is 24.3 Å². The van der Waals surface area contributed by atoms with Crippen LogP contribution in [0.1, 0.15) is 393 Å². The first-order chi connectivity index (χ1) is 38.0. The van der Waals surface area contributed by atoms with Gasteiger partial charge in [0.25, 0.3) is 0 Å². The van der Waals surface area contributed by atoms with Crippen molar-refractivity contribution in [3.63, 3.8) is 0 Å². The largest absolute Gasteiger partial charge is 0.466 e. The van der Waals surface area contributed by atoms with Crippen LogP contribution in [-0.2, 0) is 14.3 Å². The standard InChI is InChI=1S/C71H137NO5/c1-3-5-7-9-11-13-14-45-49-53-57-61-65-71(76)77-66-62-58-54-50-46-43-41-39-37-35-33-31-29-27-25-23-21-19-17-15-16-18-20-22-24-26-28-30-32-34-36-38-40-42-44-48-52-56-60-64-70(75)72-68(67-73)69(74)63-59-55-51-47-12-10-8-6-4-2/h15-16,19,21,68-69,73-74H,3-14,17-18,20,22-67H2,1-2H3,(H,72,75)/b16-15-,21-19-. The predicted molar refractivity (Wildman–Crippen MR) is 338 cm³/mol. The van der Waals surface area contributed by atoms with Gasteiger partial charge in [-0.15, -0.1) is 0 Å². The highest BCUT2D eigenvalue weighted by Gasteiger charge is 2.20. The molecule has 0 heterocycles. The third-order valence-electron chi connectivity index (χ3n) is 16.5. The summed E-state index contributed by atoms with van der Waals surface area (Å²) in [4.78, 5) is 24.5. The molecule has 0 radical (unpaired) electrons. The number of amides is 1. The maximum atomic E-state index is 12.4. The van der Waals surface area contributed by atoms with Gasteiger partial charge in [0, 0.05) is 12.8 Å². The van der Waals surface area contributed by atoms with Crippen molar-refractivity contribution in [1.82, 2.24) is 5.32 Å². The third-order valence-corrected chi connectivity index (χ3v) is 16.5. The monoisotopic (exact) mass is 1080 g/mol. The van der Waals surface area contributed by atoms with E-state index in [1.54, 1.807) is 0 Å². The maximum Gasteiger partial charge on any atom is 0.305 e. The second-order valence-electron chi connectivity index (χ2n) is 24.2. The predicted octanol–water partition coefficient (Wildman–Crippen LogP) is 22.5. The first kappa shape index (κ1) is 75.3. The summed E-state index contributed by atoms with van der Waals surface area (Å²) in [6.07, 6.45) is 84.0. The number of allylic oxidation sites excluding steroid dienone is 4. The normalized spacial score (nSPS) is 12.6. The zero-order valence-electron chi connectivity index (χ0n) is 52.2. The van der Waals surface area contributed by atoms with Crippen molar-refractivity contribution < 1.29 is 24.5 Å². The van der Waals surface area contributed by atoms with Crippen molar-refractivity contribution >= 4 is 11.9 Å². The molecular weight excluding hydrogens is 947 g/mol. The Hall–Kier alpha value is -1.66. The molecule has 456 valence electrons. The summed E-state index contributed by atoms with van der Waals surface area (Å²) >= 11 is 0. The molecule has 0 aromatic rings. The van der Waals surface area contributed by atoms with Crippen LogP contribution >= 0.6 is 0 Å². The molecule has 0 fully saturated rings. The fourth-order valence-electron chi connectivity index (χ4n) is 11.1. The smallest absolute Gasteiger partial charge is 0.305 e. The third kappa shape index (κ3) is 63.4. The van der Waals surface area contributed by atoms with Crippen LogP contribution in [0, 0.1) is 0 Å². The Morgan fingerprint density at radius 1 is 0.364 bits per heavy atom. The highest BCUT2D eigenvalue weighted by atomic mass is 16.5. The summed E-state index contributed by atoms with van der Waals surface area (Å²) in [6.45, 7) is 4.96. The first-order valence-electron chi connectivity index (χ1n) is 35.1. The Morgan fingerprint density at radius 2 is 0.649 bits per heavy atom. The lowest BCUT2D eigenvalue weighted by Crippen LogP contribution is -2.45. The van der Waals surface area contributed by atoms with Gasteiger partial charge in [-0.1, -0.05) is 346 Å². The Balaban J connectivity index is 3.32. The minimum Gasteiger partial charge on any atom is -0.466 e. The molecule has 0 saturated heterocycles. The van der Waals surface area contributed by atoms with Crippen molar-refractivity contribution in [2.24, 2.45) is 0 Å². The molecule has 0 bridgehead atoms. The molecule has 0 saturated carbocycles. The lowest BCUT2D eigenvalue weighted by atomic mass is 10.0. The molecule has 6 nitrogen and oxygen atoms in total. The summed E-state index contributed by atoms with van der Waals surface area (Å²) in [6, 6.07) is -0.536. The summed E-state index contributed by atoms with van der Waals surface area (Å²) in [5, 5.41) is 23.1. The van der Waals surface area contributed by atoms with Gasteiger partial charge in [-0.2, -0.15) is 0 Å². The van der Waals surface area contributed by atoms with E-state index in [1.165, 1.54) is 315 Å². The Bertz CT molecular complexity index is 1200. The van der Waals surface area contributed by atoms with E-state index in [1.807, 2.05) is 0 Å². The van der Waals surface area contributed by atoms with Crippen LogP contribution in [0.3, 0.4) is 0 Å². The van der Waals surface area contributed by atoms with Crippen molar-refractivity contribution in [3.05, 3.63) is 24.3 Å².